The molecular formula is C16H19F2N3O2. The Morgan fingerprint density at radius 2 is 2.13 bits per heavy atom. The maximum Gasteiger partial charge on any atom is 0.228 e. The lowest BCUT2D eigenvalue weighted by atomic mass is 10.1. The summed E-state index contributed by atoms with van der Waals surface area (Å²) in [5.41, 5.74) is 0.0278. The van der Waals surface area contributed by atoms with Gasteiger partial charge in [0.1, 0.15) is 11.6 Å². The second-order valence-electron chi connectivity index (χ2n) is 6.09. The Morgan fingerprint density at radius 1 is 1.35 bits per heavy atom. The zero-order chi connectivity index (χ0) is 16.6. The first-order valence-corrected chi connectivity index (χ1v) is 7.74. The van der Waals surface area contributed by atoms with Crippen LogP contribution in [0.2, 0.25) is 0 Å². The molecule has 124 valence electrons. The molecule has 3 rings (SSSR count). The van der Waals surface area contributed by atoms with E-state index < -0.39 is 17.6 Å². The zero-order valence-electron chi connectivity index (χ0n) is 12.9. The van der Waals surface area contributed by atoms with E-state index in [0.717, 1.165) is 25.2 Å². The summed E-state index contributed by atoms with van der Waals surface area (Å²) in [6.45, 7) is 4.15. The minimum absolute atomic E-state index is 0.0278. The molecule has 7 heteroatoms. The Bertz CT molecular complexity index is 638. The molecule has 2 saturated heterocycles. The monoisotopic (exact) mass is 323 g/mol. The first-order valence-electron chi connectivity index (χ1n) is 7.74. The predicted molar refractivity (Wildman–Crippen MR) is 80.9 cm³/mol. The average Bonchev–Trinajstić information content (AvgIpc) is 2.89. The normalized spacial score (nSPS) is 25.1. The summed E-state index contributed by atoms with van der Waals surface area (Å²) >= 11 is 0. The van der Waals surface area contributed by atoms with Gasteiger partial charge in [-0.1, -0.05) is 0 Å². The van der Waals surface area contributed by atoms with Gasteiger partial charge in [0.25, 0.3) is 0 Å². The summed E-state index contributed by atoms with van der Waals surface area (Å²) in [5.74, 6) is -2.34. The molecule has 1 aromatic rings. The van der Waals surface area contributed by atoms with Crippen molar-refractivity contribution in [1.29, 1.82) is 0 Å². The molecule has 0 aromatic heterocycles. The smallest absolute Gasteiger partial charge is 0.228 e. The van der Waals surface area contributed by atoms with Crippen LogP contribution in [-0.2, 0) is 9.59 Å². The van der Waals surface area contributed by atoms with E-state index in [0.29, 0.717) is 6.54 Å². The summed E-state index contributed by atoms with van der Waals surface area (Å²) in [4.78, 5) is 27.8. The van der Waals surface area contributed by atoms with Crippen LogP contribution >= 0.6 is 0 Å². The molecule has 0 saturated carbocycles. The molecular weight excluding hydrogens is 304 g/mol. The molecule has 1 unspecified atom stereocenters. The van der Waals surface area contributed by atoms with Crippen LogP contribution in [-0.4, -0.2) is 48.9 Å². The van der Waals surface area contributed by atoms with Gasteiger partial charge in [0, 0.05) is 44.7 Å². The van der Waals surface area contributed by atoms with Crippen molar-refractivity contribution in [1.82, 2.24) is 10.2 Å². The molecule has 23 heavy (non-hydrogen) atoms. The number of hydrogen-bond donors (Lipinski definition) is 1. The van der Waals surface area contributed by atoms with E-state index in [1.54, 1.807) is 4.90 Å². The Balaban J connectivity index is 1.75. The van der Waals surface area contributed by atoms with E-state index in [1.165, 1.54) is 11.0 Å². The number of benzene rings is 1. The van der Waals surface area contributed by atoms with Gasteiger partial charge in [0.2, 0.25) is 11.8 Å². The second kappa shape index (κ2) is 6.23. The van der Waals surface area contributed by atoms with E-state index in [1.807, 2.05) is 6.92 Å². The highest BCUT2D eigenvalue weighted by molar-refractivity contribution is 6.00. The van der Waals surface area contributed by atoms with E-state index >= 15 is 0 Å². The second-order valence-corrected chi connectivity index (χ2v) is 6.09. The van der Waals surface area contributed by atoms with Crippen LogP contribution in [0.1, 0.15) is 13.3 Å². The van der Waals surface area contributed by atoms with Gasteiger partial charge in [0.15, 0.2) is 0 Å². The van der Waals surface area contributed by atoms with Crippen LogP contribution in [0.25, 0.3) is 0 Å². The quantitative estimate of drug-likeness (QED) is 0.888. The Kier molecular flexibility index (Phi) is 4.30. The van der Waals surface area contributed by atoms with Gasteiger partial charge in [-0.3, -0.25) is 9.59 Å². The molecule has 2 fully saturated rings. The number of carbonyl (C=O) groups is 2. The van der Waals surface area contributed by atoms with Crippen molar-refractivity contribution >= 4 is 17.5 Å². The standard InChI is InChI=1S/C16H19F2N3O2/c1-10-8-19-4-5-20(10)16(23)11-6-15(22)21(9-11)14-3-2-12(17)7-13(14)18/h2-3,7,10-11,19H,4-6,8-9H2,1H3/t10-,11?/m1/s1. The lowest BCUT2D eigenvalue weighted by Gasteiger charge is -2.35. The minimum atomic E-state index is -0.790. The number of amides is 2. The fourth-order valence-corrected chi connectivity index (χ4v) is 3.21. The fourth-order valence-electron chi connectivity index (χ4n) is 3.21. The molecule has 2 aliphatic heterocycles. The molecule has 0 bridgehead atoms. The van der Waals surface area contributed by atoms with Gasteiger partial charge in [-0.25, -0.2) is 8.78 Å². The van der Waals surface area contributed by atoms with Gasteiger partial charge in [-0.15, -0.1) is 0 Å². The Labute approximate surface area is 133 Å². The first-order chi connectivity index (χ1) is 11.0. The van der Waals surface area contributed by atoms with Crippen LogP contribution in [0.15, 0.2) is 18.2 Å². The van der Waals surface area contributed by atoms with Crippen LogP contribution in [0.4, 0.5) is 14.5 Å². The summed E-state index contributed by atoms with van der Waals surface area (Å²) < 4.78 is 26.9. The molecule has 2 heterocycles. The van der Waals surface area contributed by atoms with Crippen molar-refractivity contribution in [2.24, 2.45) is 5.92 Å². The molecule has 2 atom stereocenters. The lowest BCUT2D eigenvalue weighted by Crippen LogP contribution is -2.54. The number of anilines is 1. The molecule has 0 aliphatic carbocycles. The minimum Gasteiger partial charge on any atom is -0.337 e. The van der Waals surface area contributed by atoms with Gasteiger partial charge in [0.05, 0.1) is 11.6 Å². The van der Waals surface area contributed by atoms with Gasteiger partial charge < -0.3 is 15.1 Å². The number of nitrogens with one attached hydrogen (secondary N) is 1. The number of nitrogens with zero attached hydrogens (tertiary/aromatic N) is 2. The highest BCUT2D eigenvalue weighted by Crippen LogP contribution is 2.29. The van der Waals surface area contributed by atoms with Crippen molar-refractivity contribution in [2.45, 2.75) is 19.4 Å². The topological polar surface area (TPSA) is 52.7 Å². The number of rotatable bonds is 2. The Morgan fingerprint density at radius 3 is 2.83 bits per heavy atom. The number of hydrogen-bond acceptors (Lipinski definition) is 3. The van der Waals surface area contributed by atoms with Crippen LogP contribution in [0.3, 0.4) is 0 Å². The van der Waals surface area contributed by atoms with Crippen molar-refractivity contribution in [3.8, 4) is 0 Å². The fraction of sp³-hybridized carbons (Fsp3) is 0.500. The van der Waals surface area contributed by atoms with Crippen LogP contribution < -0.4 is 10.2 Å². The molecule has 0 spiro atoms. The Hall–Kier alpha value is -2.02. The summed E-state index contributed by atoms with van der Waals surface area (Å²) in [5, 5.41) is 3.21. The van der Waals surface area contributed by atoms with Gasteiger partial charge in [-0.2, -0.15) is 0 Å². The molecule has 2 amide bonds. The van der Waals surface area contributed by atoms with Crippen molar-refractivity contribution < 1.29 is 18.4 Å². The van der Waals surface area contributed by atoms with E-state index in [9.17, 15) is 18.4 Å². The van der Waals surface area contributed by atoms with Crippen LogP contribution in [0, 0.1) is 17.6 Å². The lowest BCUT2D eigenvalue weighted by molar-refractivity contribution is -0.138. The van der Waals surface area contributed by atoms with Crippen LogP contribution in [0.5, 0.6) is 0 Å². The largest absolute Gasteiger partial charge is 0.337 e. The average molecular weight is 323 g/mol. The summed E-state index contributed by atoms with van der Waals surface area (Å²) in [6, 6.07) is 3.17. The third-order valence-corrected chi connectivity index (χ3v) is 4.46. The van der Waals surface area contributed by atoms with E-state index in [2.05, 4.69) is 5.32 Å². The molecule has 1 aromatic carbocycles. The maximum atomic E-state index is 13.9. The highest BCUT2D eigenvalue weighted by atomic mass is 19.1. The first kappa shape index (κ1) is 15.9. The number of piperazine rings is 1. The maximum absolute atomic E-state index is 13.9. The van der Waals surface area contributed by atoms with Gasteiger partial charge in [-0.05, 0) is 19.1 Å². The SMILES string of the molecule is C[C@@H]1CNCCN1C(=O)C1CC(=O)N(c2ccc(F)cc2F)C1. The molecule has 0 radical (unpaired) electrons. The third-order valence-electron chi connectivity index (χ3n) is 4.46. The number of halogens is 2. The molecule has 1 N–H and O–H groups in total. The van der Waals surface area contributed by atoms with E-state index in [-0.39, 0.29) is 36.5 Å². The summed E-state index contributed by atoms with van der Waals surface area (Å²) in [7, 11) is 0. The molecule has 2 aliphatic rings. The zero-order valence-corrected chi connectivity index (χ0v) is 12.9. The van der Waals surface area contributed by atoms with Gasteiger partial charge >= 0.3 is 0 Å². The van der Waals surface area contributed by atoms with Crippen molar-refractivity contribution in [3.63, 3.8) is 0 Å². The van der Waals surface area contributed by atoms with E-state index in [4.69, 9.17) is 0 Å². The highest BCUT2D eigenvalue weighted by Gasteiger charge is 2.39. The predicted octanol–water partition coefficient (Wildman–Crippen LogP) is 1.14. The molecule has 5 nitrogen and oxygen atoms in total. The summed E-state index contributed by atoms with van der Waals surface area (Å²) in [6.07, 6.45) is 0.0618. The van der Waals surface area contributed by atoms with Crippen molar-refractivity contribution in [3.05, 3.63) is 29.8 Å². The third kappa shape index (κ3) is 3.06. The van der Waals surface area contributed by atoms with Crippen molar-refractivity contribution in [2.75, 3.05) is 31.1 Å². The number of carbonyl (C=O) groups excluding carboxylic acids is 2.